The van der Waals surface area contributed by atoms with E-state index in [-0.39, 0.29) is 11.5 Å². The van der Waals surface area contributed by atoms with Crippen molar-refractivity contribution in [2.75, 3.05) is 24.7 Å². The van der Waals surface area contributed by atoms with Crippen molar-refractivity contribution in [3.63, 3.8) is 0 Å². The second kappa shape index (κ2) is 5.96. The first kappa shape index (κ1) is 14.6. The first-order valence-corrected chi connectivity index (χ1v) is 6.17. The number of nitrogens with one attached hydrogen (secondary N) is 1. The van der Waals surface area contributed by atoms with E-state index < -0.39 is 0 Å². The third-order valence-corrected chi connectivity index (χ3v) is 2.63. The zero-order valence-corrected chi connectivity index (χ0v) is 11.7. The molecule has 1 rings (SSSR count). The molecule has 4 N–H and O–H groups in total. The maximum absolute atomic E-state index is 9.91. The number of benzene rings is 1. The molecule has 1 aromatic rings. The average Bonchev–Trinajstić information content (AvgIpc) is 2.25. The highest BCUT2D eigenvalue weighted by Gasteiger charge is 2.16. The number of hydrogen-bond donors (Lipinski definition) is 3. The Labute approximate surface area is 109 Å². The van der Waals surface area contributed by atoms with Gasteiger partial charge >= 0.3 is 0 Å². The van der Waals surface area contributed by atoms with E-state index in [2.05, 4.69) is 26.1 Å². The van der Waals surface area contributed by atoms with Gasteiger partial charge in [-0.05, 0) is 24.0 Å². The predicted octanol–water partition coefficient (Wildman–Crippen LogP) is 2.49. The Bertz CT molecular complexity index is 386. The molecule has 1 atom stereocenters. The molecule has 1 unspecified atom stereocenters. The highest BCUT2D eigenvalue weighted by molar-refractivity contribution is 5.68. The fraction of sp³-hybridized carbons (Fsp3) is 0.571. The lowest BCUT2D eigenvalue weighted by Gasteiger charge is -2.23. The van der Waals surface area contributed by atoms with Crippen LogP contribution in [0.3, 0.4) is 0 Å². The number of anilines is 2. The van der Waals surface area contributed by atoms with Gasteiger partial charge in [-0.25, -0.2) is 0 Å². The number of nitrogens with two attached hydrogens (primary N) is 1. The second-order valence-electron chi connectivity index (χ2n) is 5.75. The van der Waals surface area contributed by atoms with E-state index in [0.29, 0.717) is 12.2 Å². The molecule has 0 saturated carbocycles. The molecule has 0 saturated heterocycles. The average molecular weight is 252 g/mol. The van der Waals surface area contributed by atoms with Gasteiger partial charge in [0.25, 0.3) is 0 Å². The standard InChI is InChI=1S/C14H24N2O2/c1-14(2,3)8-10(17)9-16-13-6-5-11(18-4)7-12(13)15/h5-7,10,16-17H,8-9,15H2,1-4H3. The lowest BCUT2D eigenvalue weighted by molar-refractivity contribution is 0.132. The SMILES string of the molecule is COc1ccc(NCC(O)CC(C)(C)C)c(N)c1. The molecule has 102 valence electrons. The minimum absolute atomic E-state index is 0.118. The first-order chi connectivity index (χ1) is 8.31. The van der Waals surface area contributed by atoms with Crippen LogP contribution in [0.4, 0.5) is 11.4 Å². The number of aliphatic hydroxyl groups excluding tert-OH is 1. The summed E-state index contributed by atoms with van der Waals surface area (Å²) in [5, 5.41) is 13.1. The van der Waals surface area contributed by atoms with Gasteiger partial charge < -0.3 is 20.9 Å². The molecule has 4 nitrogen and oxygen atoms in total. The summed E-state index contributed by atoms with van der Waals surface area (Å²) in [5.74, 6) is 0.730. The van der Waals surface area contributed by atoms with Crippen molar-refractivity contribution in [1.82, 2.24) is 0 Å². The van der Waals surface area contributed by atoms with Crippen LogP contribution in [-0.2, 0) is 0 Å². The number of aliphatic hydroxyl groups is 1. The zero-order chi connectivity index (χ0) is 13.8. The Balaban J connectivity index is 2.53. The molecule has 0 radical (unpaired) electrons. The molecule has 18 heavy (non-hydrogen) atoms. The molecule has 0 aromatic heterocycles. The van der Waals surface area contributed by atoms with Crippen LogP contribution in [0, 0.1) is 5.41 Å². The number of ether oxygens (including phenoxy) is 1. The molecule has 0 amide bonds. The van der Waals surface area contributed by atoms with Crippen LogP contribution in [0.2, 0.25) is 0 Å². The van der Waals surface area contributed by atoms with Crippen LogP contribution in [0.15, 0.2) is 18.2 Å². The lowest BCUT2D eigenvalue weighted by atomic mass is 9.89. The Kier molecular flexibility index (Phi) is 4.84. The minimum atomic E-state index is -0.383. The van der Waals surface area contributed by atoms with E-state index in [1.165, 1.54) is 0 Å². The predicted molar refractivity (Wildman–Crippen MR) is 76.0 cm³/mol. The molecular formula is C14H24N2O2. The van der Waals surface area contributed by atoms with Crippen LogP contribution in [0.1, 0.15) is 27.2 Å². The maximum Gasteiger partial charge on any atom is 0.121 e. The Morgan fingerprint density at radius 1 is 1.39 bits per heavy atom. The van der Waals surface area contributed by atoms with Crippen molar-refractivity contribution in [3.8, 4) is 5.75 Å². The Morgan fingerprint density at radius 3 is 2.56 bits per heavy atom. The summed E-state index contributed by atoms with van der Waals surface area (Å²) in [5.41, 5.74) is 7.45. The van der Waals surface area contributed by atoms with E-state index in [1.54, 1.807) is 13.2 Å². The topological polar surface area (TPSA) is 67.5 Å². The van der Waals surface area contributed by atoms with E-state index in [0.717, 1.165) is 17.9 Å². The summed E-state index contributed by atoms with van der Waals surface area (Å²) in [6.45, 7) is 6.82. The van der Waals surface area contributed by atoms with Gasteiger partial charge in [0.1, 0.15) is 5.75 Å². The maximum atomic E-state index is 9.91. The molecule has 0 spiro atoms. The van der Waals surface area contributed by atoms with Crippen molar-refractivity contribution in [2.45, 2.75) is 33.3 Å². The van der Waals surface area contributed by atoms with Crippen molar-refractivity contribution in [2.24, 2.45) is 5.41 Å². The third kappa shape index (κ3) is 4.84. The summed E-state index contributed by atoms with van der Waals surface area (Å²) in [7, 11) is 1.61. The smallest absolute Gasteiger partial charge is 0.121 e. The molecule has 0 aliphatic rings. The van der Waals surface area contributed by atoms with E-state index >= 15 is 0 Å². The van der Waals surface area contributed by atoms with Crippen LogP contribution < -0.4 is 15.8 Å². The van der Waals surface area contributed by atoms with E-state index in [1.807, 2.05) is 12.1 Å². The number of nitrogen functional groups attached to an aromatic ring is 1. The highest BCUT2D eigenvalue weighted by Crippen LogP contribution is 2.25. The van der Waals surface area contributed by atoms with Gasteiger partial charge in [-0.15, -0.1) is 0 Å². The summed E-state index contributed by atoms with van der Waals surface area (Å²) < 4.78 is 5.08. The number of rotatable bonds is 5. The van der Waals surface area contributed by atoms with Gasteiger partial charge in [-0.1, -0.05) is 20.8 Å². The zero-order valence-electron chi connectivity index (χ0n) is 11.7. The van der Waals surface area contributed by atoms with Gasteiger partial charge in [-0.2, -0.15) is 0 Å². The monoisotopic (exact) mass is 252 g/mol. The van der Waals surface area contributed by atoms with Crippen LogP contribution >= 0.6 is 0 Å². The van der Waals surface area contributed by atoms with Gasteiger partial charge in [-0.3, -0.25) is 0 Å². The molecule has 0 bridgehead atoms. The first-order valence-electron chi connectivity index (χ1n) is 6.17. The normalized spacial score (nSPS) is 13.2. The molecule has 0 heterocycles. The fourth-order valence-electron chi connectivity index (χ4n) is 1.84. The molecule has 0 fully saturated rings. The van der Waals surface area contributed by atoms with Crippen molar-refractivity contribution >= 4 is 11.4 Å². The van der Waals surface area contributed by atoms with Crippen molar-refractivity contribution < 1.29 is 9.84 Å². The van der Waals surface area contributed by atoms with Gasteiger partial charge in [0.05, 0.1) is 24.6 Å². The fourth-order valence-corrected chi connectivity index (χ4v) is 1.84. The molecule has 1 aromatic carbocycles. The highest BCUT2D eigenvalue weighted by atomic mass is 16.5. The molecule has 4 heteroatoms. The van der Waals surface area contributed by atoms with E-state index in [4.69, 9.17) is 10.5 Å². The largest absolute Gasteiger partial charge is 0.497 e. The van der Waals surface area contributed by atoms with Crippen LogP contribution in [0.25, 0.3) is 0 Å². The Hall–Kier alpha value is -1.42. The summed E-state index contributed by atoms with van der Waals surface area (Å²) in [4.78, 5) is 0. The summed E-state index contributed by atoms with van der Waals surface area (Å²) in [6, 6.07) is 5.46. The number of hydrogen-bond acceptors (Lipinski definition) is 4. The van der Waals surface area contributed by atoms with Gasteiger partial charge in [0.15, 0.2) is 0 Å². The second-order valence-corrected chi connectivity index (χ2v) is 5.75. The van der Waals surface area contributed by atoms with Crippen molar-refractivity contribution in [1.29, 1.82) is 0 Å². The number of methoxy groups -OCH3 is 1. The van der Waals surface area contributed by atoms with Gasteiger partial charge in [0.2, 0.25) is 0 Å². The van der Waals surface area contributed by atoms with E-state index in [9.17, 15) is 5.11 Å². The summed E-state index contributed by atoms with van der Waals surface area (Å²) >= 11 is 0. The van der Waals surface area contributed by atoms with Crippen LogP contribution in [-0.4, -0.2) is 24.9 Å². The van der Waals surface area contributed by atoms with Gasteiger partial charge in [0, 0.05) is 12.6 Å². The molecule has 0 aliphatic heterocycles. The lowest BCUT2D eigenvalue weighted by Crippen LogP contribution is -2.25. The van der Waals surface area contributed by atoms with Crippen LogP contribution in [0.5, 0.6) is 5.75 Å². The molecule has 0 aliphatic carbocycles. The van der Waals surface area contributed by atoms with Crippen molar-refractivity contribution in [3.05, 3.63) is 18.2 Å². The quantitative estimate of drug-likeness (QED) is 0.704. The third-order valence-electron chi connectivity index (χ3n) is 2.63. The molecular weight excluding hydrogens is 228 g/mol. The summed E-state index contributed by atoms with van der Waals surface area (Å²) in [6.07, 6.45) is 0.363. The minimum Gasteiger partial charge on any atom is -0.497 e. The Morgan fingerprint density at radius 2 is 2.06 bits per heavy atom.